The van der Waals surface area contributed by atoms with Crippen molar-refractivity contribution in [2.45, 2.75) is 85.7 Å². The Bertz CT molecular complexity index is 1430. The van der Waals surface area contributed by atoms with E-state index in [0.29, 0.717) is 5.56 Å². The second-order valence-electron chi connectivity index (χ2n) is 11.7. The zero-order valence-corrected chi connectivity index (χ0v) is 28.8. The van der Waals surface area contributed by atoms with E-state index in [9.17, 15) is 33.6 Å². The third-order valence-corrected chi connectivity index (χ3v) is 9.76. The summed E-state index contributed by atoms with van der Waals surface area (Å²) >= 11 is 0. The van der Waals surface area contributed by atoms with Gasteiger partial charge in [0.15, 0.2) is 0 Å². The van der Waals surface area contributed by atoms with E-state index in [4.69, 9.17) is 18.7 Å². The van der Waals surface area contributed by atoms with Gasteiger partial charge in [0.05, 0.1) is 17.8 Å². The molecule has 0 spiro atoms. The maximum absolute atomic E-state index is 14.7. The molecule has 3 N–H and O–H groups in total. The molecule has 0 aliphatic rings. The van der Waals surface area contributed by atoms with E-state index in [2.05, 4.69) is 10.6 Å². The number of amides is 2. The zero-order chi connectivity index (χ0) is 35.5. The van der Waals surface area contributed by atoms with Crippen molar-refractivity contribution in [1.82, 2.24) is 10.6 Å². The second kappa shape index (κ2) is 17.6. The Morgan fingerprint density at radius 1 is 0.702 bits per heavy atom. The van der Waals surface area contributed by atoms with Gasteiger partial charge in [0.25, 0.3) is 0 Å². The molecule has 0 aromatic heterocycles. The van der Waals surface area contributed by atoms with Crippen molar-refractivity contribution in [2.24, 2.45) is 11.8 Å². The van der Waals surface area contributed by atoms with Crippen LogP contribution >= 0.6 is 7.37 Å². The Kier molecular flexibility index (Phi) is 14.6. The molecule has 0 fully saturated rings. The minimum atomic E-state index is -4.21. The van der Waals surface area contributed by atoms with Gasteiger partial charge in [-0.2, -0.15) is 0 Å². The number of hydrogen-bond acceptors (Lipinski definition) is 10. The Balaban J connectivity index is 2.47. The molecule has 0 saturated heterocycles. The first-order valence-corrected chi connectivity index (χ1v) is 17.1. The number of esters is 2. The van der Waals surface area contributed by atoms with Gasteiger partial charge in [-0.05, 0) is 37.5 Å². The van der Waals surface area contributed by atoms with E-state index in [-0.39, 0.29) is 0 Å². The number of alkyl carbamates (subject to hydrolysis) is 1. The Morgan fingerprint density at radius 3 is 1.72 bits per heavy atom. The number of hydrogen-bond donors (Lipinski definition) is 3. The number of aliphatic carboxylic acids is 1. The van der Waals surface area contributed by atoms with E-state index in [1.807, 2.05) is 30.3 Å². The third kappa shape index (κ3) is 12.1. The lowest BCUT2D eigenvalue weighted by Crippen LogP contribution is -2.43. The number of carbonyl (C=O) groups excluding carboxylic acids is 4. The largest absolute Gasteiger partial charge is 0.480 e. The van der Waals surface area contributed by atoms with Crippen molar-refractivity contribution in [1.29, 1.82) is 0 Å². The summed E-state index contributed by atoms with van der Waals surface area (Å²) in [4.78, 5) is 62.1. The fourth-order valence-corrected chi connectivity index (χ4v) is 6.47. The van der Waals surface area contributed by atoms with Crippen LogP contribution in [0.5, 0.6) is 0 Å². The number of rotatable bonds is 16. The first-order chi connectivity index (χ1) is 21.9. The van der Waals surface area contributed by atoms with Crippen LogP contribution in [0.25, 0.3) is 11.1 Å². The summed E-state index contributed by atoms with van der Waals surface area (Å²) in [6.45, 7) is 11.7. The molecule has 0 heterocycles. The lowest BCUT2D eigenvalue weighted by molar-refractivity contribution is -0.169. The van der Waals surface area contributed by atoms with Gasteiger partial charge in [-0.25, -0.2) is 4.79 Å². The molecule has 2 rings (SSSR count). The number of benzene rings is 2. The molecule has 2 amide bonds. The summed E-state index contributed by atoms with van der Waals surface area (Å²) < 4.78 is 36.0. The molecular formula is C33H45N2O11P. The fraction of sp³-hybridized carbons (Fsp3) is 0.485. The van der Waals surface area contributed by atoms with Crippen LogP contribution in [0.2, 0.25) is 0 Å². The lowest BCUT2D eigenvalue weighted by Gasteiger charge is -2.31. The van der Waals surface area contributed by atoms with E-state index in [1.54, 1.807) is 52.0 Å². The van der Waals surface area contributed by atoms with E-state index >= 15 is 0 Å². The summed E-state index contributed by atoms with van der Waals surface area (Å²) in [5.74, 6) is -6.82. The van der Waals surface area contributed by atoms with Gasteiger partial charge in [0.2, 0.25) is 25.9 Å². The van der Waals surface area contributed by atoms with Crippen LogP contribution in [0.4, 0.5) is 4.79 Å². The van der Waals surface area contributed by atoms with Crippen molar-refractivity contribution in [3.05, 3.63) is 60.2 Å². The van der Waals surface area contributed by atoms with Gasteiger partial charge in [0.1, 0.15) is 11.8 Å². The average Bonchev–Trinajstić information content (AvgIpc) is 2.99. The molecule has 0 bridgehead atoms. The number of ether oxygens (including phenoxy) is 3. The summed E-state index contributed by atoms with van der Waals surface area (Å²) in [6.07, 6.45) is -4.25. The van der Waals surface area contributed by atoms with Gasteiger partial charge in [-0.3, -0.25) is 28.3 Å². The monoisotopic (exact) mass is 676 g/mol. The van der Waals surface area contributed by atoms with E-state index in [0.717, 1.165) is 11.1 Å². The molecule has 2 aromatic rings. The second-order valence-corrected chi connectivity index (χ2v) is 14.5. The molecule has 3 unspecified atom stereocenters. The summed E-state index contributed by atoms with van der Waals surface area (Å²) in [7, 11) is -4.21. The number of carboxylic acids is 1. The minimum Gasteiger partial charge on any atom is -0.480 e. The highest BCUT2D eigenvalue weighted by molar-refractivity contribution is 7.59. The molecule has 0 aliphatic heterocycles. The molecule has 2 aromatic carbocycles. The van der Waals surface area contributed by atoms with Crippen LogP contribution in [0.1, 0.15) is 66.9 Å². The SMILES string of the molecule is CC(OC(=O)N[C@H](C)P(=O)(C[C@@H](C(=O)N[C@H](C)C(=O)O)c1ccc(-c2ccccc2)cc1)OC(C)OC(=O)C(C)C)OC(=O)C(C)C. The van der Waals surface area contributed by atoms with Crippen molar-refractivity contribution < 1.29 is 52.4 Å². The molecule has 0 aliphatic carbocycles. The van der Waals surface area contributed by atoms with Crippen molar-refractivity contribution in [2.75, 3.05) is 6.16 Å². The summed E-state index contributed by atoms with van der Waals surface area (Å²) in [5, 5.41) is 14.3. The van der Waals surface area contributed by atoms with Crippen LogP contribution in [0, 0.1) is 11.8 Å². The fourth-order valence-electron chi connectivity index (χ4n) is 4.15. The first kappa shape index (κ1) is 39.0. The standard InChI is InChI=1S/C33H45N2O11P/c1-19(2)31(39)43-23(7)45-33(41)35-22(6)47(42,46-24(8)44-32(40)20(3)4)18-28(29(36)34-21(5)30(37)38)27-16-14-26(15-17-27)25-12-10-9-11-13-25/h9-17,19-24,28H,18H2,1-8H3,(H,34,36)(H,35,41)(H,37,38)/t21-,22+,23?,24?,28-,47?/m1/s1. The van der Waals surface area contributed by atoms with Crippen molar-refractivity contribution >= 4 is 37.3 Å². The molecule has 0 saturated carbocycles. The van der Waals surface area contributed by atoms with Gasteiger partial charge >= 0.3 is 24.0 Å². The maximum atomic E-state index is 14.7. The van der Waals surface area contributed by atoms with Gasteiger partial charge in [-0.15, -0.1) is 0 Å². The Hall–Kier alpha value is -4.22. The smallest absolute Gasteiger partial charge is 0.410 e. The lowest BCUT2D eigenvalue weighted by atomic mass is 9.96. The van der Waals surface area contributed by atoms with Crippen LogP contribution < -0.4 is 10.6 Å². The molecule has 13 nitrogen and oxygen atoms in total. The number of carboxylic acid groups (broad SMARTS) is 1. The molecule has 0 radical (unpaired) electrons. The highest BCUT2D eigenvalue weighted by atomic mass is 31.2. The zero-order valence-electron chi connectivity index (χ0n) is 27.9. The normalized spacial score (nSPS) is 15.7. The topological polar surface area (TPSA) is 184 Å². The third-order valence-electron chi connectivity index (χ3n) is 6.93. The summed E-state index contributed by atoms with van der Waals surface area (Å²) in [5.41, 5.74) is 2.14. The number of nitrogens with one attached hydrogen (secondary N) is 2. The first-order valence-electron chi connectivity index (χ1n) is 15.3. The maximum Gasteiger partial charge on any atom is 0.410 e. The van der Waals surface area contributed by atoms with Crippen LogP contribution in [0.15, 0.2) is 54.6 Å². The van der Waals surface area contributed by atoms with Crippen LogP contribution in [-0.4, -0.2) is 65.6 Å². The highest BCUT2D eigenvalue weighted by Crippen LogP contribution is 2.55. The predicted octanol–water partition coefficient (Wildman–Crippen LogP) is 5.48. The predicted molar refractivity (Wildman–Crippen MR) is 173 cm³/mol. The Morgan fingerprint density at radius 2 is 1.21 bits per heavy atom. The van der Waals surface area contributed by atoms with Crippen LogP contribution in [0.3, 0.4) is 0 Å². The quantitative estimate of drug-likeness (QED) is 0.116. The molecule has 6 atom stereocenters. The van der Waals surface area contributed by atoms with E-state index < -0.39 is 85.6 Å². The van der Waals surface area contributed by atoms with Crippen LogP contribution in [-0.2, 0) is 42.5 Å². The minimum absolute atomic E-state index is 0.388. The molecular weight excluding hydrogens is 631 g/mol. The van der Waals surface area contributed by atoms with Gasteiger partial charge in [-0.1, -0.05) is 82.3 Å². The summed E-state index contributed by atoms with van der Waals surface area (Å²) in [6, 6.07) is 15.0. The highest BCUT2D eigenvalue weighted by Gasteiger charge is 2.41. The van der Waals surface area contributed by atoms with Crippen molar-refractivity contribution in [3.63, 3.8) is 0 Å². The van der Waals surface area contributed by atoms with Gasteiger partial charge < -0.3 is 30.0 Å². The van der Waals surface area contributed by atoms with Crippen molar-refractivity contribution in [3.8, 4) is 11.1 Å². The van der Waals surface area contributed by atoms with Gasteiger partial charge in [0, 0.05) is 13.1 Å². The average molecular weight is 677 g/mol. The molecule has 14 heteroatoms. The molecule has 47 heavy (non-hydrogen) atoms. The Labute approximate surface area is 275 Å². The molecule has 258 valence electrons. The van der Waals surface area contributed by atoms with E-state index in [1.165, 1.54) is 27.7 Å². The number of carbonyl (C=O) groups is 5.